The van der Waals surface area contributed by atoms with Gasteiger partial charge in [-0.15, -0.1) is 0 Å². The maximum absolute atomic E-state index is 3.74. The van der Waals surface area contributed by atoms with Crippen molar-refractivity contribution >= 4 is 7.28 Å². The van der Waals surface area contributed by atoms with E-state index in [0.717, 1.165) is 17.8 Å². The first-order chi connectivity index (χ1) is 5.80. The second-order valence-electron chi connectivity index (χ2n) is 4.79. The third-order valence-corrected chi connectivity index (χ3v) is 3.79. The summed E-state index contributed by atoms with van der Waals surface area (Å²) >= 11 is 0. The zero-order chi connectivity index (χ0) is 8.18. The molecule has 0 aromatic carbocycles. The molecular weight excluding hydrogens is 147 g/mol. The van der Waals surface area contributed by atoms with E-state index in [4.69, 9.17) is 0 Å². The van der Waals surface area contributed by atoms with Crippen LogP contribution in [0.1, 0.15) is 19.8 Å². The van der Waals surface area contributed by atoms with Gasteiger partial charge >= 0.3 is 0 Å². The van der Waals surface area contributed by atoms with Crippen molar-refractivity contribution in [2.24, 2.45) is 5.41 Å². The topological polar surface area (TPSA) is 24.1 Å². The quantitative estimate of drug-likeness (QED) is 0.567. The molecule has 3 atom stereocenters. The molecule has 2 heterocycles. The van der Waals surface area contributed by atoms with E-state index in [2.05, 4.69) is 24.8 Å². The standard InChI is InChI=1S/C9H16BN2/c1-6-8(10-6)12-7-4-11-5-9(7)2-3-9/h6-8,11-12H,2-5H2,1H3. The van der Waals surface area contributed by atoms with Crippen LogP contribution in [0.2, 0.25) is 5.82 Å². The second kappa shape index (κ2) is 2.27. The minimum absolute atomic E-state index is 0.677. The van der Waals surface area contributed by atoms with Crippen LogP contribution in [-0.4, -0.2) is 32.4 Å². The van der Waals surface area contributed by atoms with Crippen LogP contribution in [0, 0.1) is 5.41 Å². The lowest BCUT2D eigenvalue weighted by atomic mass is 9.98. The van der Waals surface area contributed by atoms with Crippen molar-refractivity contribution in [3.63, 3.8) is 0 Å². The van der Waals surface area contributed by atoms with Gasteiger partial charge in [-0.1, -0.05) is 12.7 Å². The second-order valence-corrected chi connectivity index (χ2v) is 4.79. The fraction of sp³-hybridized carbons (Fsp3) is 1.00. The Labute approximate surface area is 74.7 Å². The molecule has 65 valence electrons. The number of rotatable bonds is 2. The van der Waals surface area contributed by atoms with E-state index in [1.165, 1.54) is 25.9 Å². The first kappa shape index (κ1) is 7.39. The van der Waals surface area contributed by atoms with Crippen molar-refractivity contribution in [3.05, 3.63) is 0 Å². The van der Waals surface area contributed by atoms with Crippen LogP contribution in [0.15, 0.2) is 0 Å². The predicted octanol–water partition coefficient (Wildman–Crippen LogP) is 0.180. The summed E-state index contributed by atoms with van der Waals surface area (Å²) in [5, 5.41) is 7.23. The lowest BCUT2D eigenvalue weighted by molar-refractivity contribution is 0.410. The summed E-state index contributed by atoms with van der Waals surface area (Å²) in [5.74, 6) is 1.55. The van der Waals surface area contributed by atoms with Crippen LogP contribution >= 0.6 is 0 Å². The van der Waals surface area contributed by atoms with Gasteiger partial charge in [-0.3, -0.25) is 0 Å². The summed E-state index contributed by atoms with van der Waals surface area (Å²) in [7, 11) is 2.40. The molecule has 3 unspecified atom stereocenters. The minimum Gasteiger partial charge on any atom is -0.318 e. The van der Waals surface area contributed by atoms with Gasteiger partial charge in [0.2, 0.25) is 0 Å². The molecule has 12 heavy (non-hydrogen) atoms. The number of nitrogens with one attached hydrogen (secondary N) is 2. The summed E-state index contributed by atoms with van der Waals surface area (Å²) in [6.07, 6.45) is 2.89. The fourth-order valence-electron chi connectivity index (χ4n) is 2.43. The van der Waals surface area contributed by atoms with Crippen molar-refractivity contribution < 1.29 is 0 Å². The highest BCUT2D eigenvalue weighted by Crippen LogP contribution is 2.51. The van der Waals surface area contributed by atoms with Gasteiger partial charge in [0.05, 0.1) is 0 Å². The van der Waals surface area contributed by atoms with Crippen LogP contribution in [-0.2, 0) is 0 Å². The molecule has 3 aliphatic rings. The highest BCUT2D eigenvalue weighted by Gasteiger charge is 2.53. The average molecular weight is 163 g/mol. The molecule has 3 fully saturated rings. The predicted molar refractivity (Wildman–Crippen MR) is 50.4 cm³/mol. The lowest BCUT2D eigenvalue weighted by Crippen LogP contribution is -2.39. The van der Waals surface area contributed by atoms with E-state index < -0.39 is 0 Å². The van der Waals surface area contributed by atoms with Crippen molar-refractivity contribution in [1.29, 1.82) is 0 Å². The normalized spacial score (nSPS) is 47.6. The van der Waals surface area contributed by atoms with Crippen molar-refractivity contribution in [2.75, 3.05) is 13.1 Å². The maximum atomic E-state index is 3.74. The Morgan fingerprint density at radius 2 is 2.25 bits per heavy atom. The molecule has 0 amide bonds. The van der Waals surface area contributed by atoms with E-state index in [0.29, 0.717) is 5.41 Å². The molecule has 1 saturated carbocycles. The van der Waals surface area contributed by atoms with Gasteiger partial charge in [-0.05, 0) is 24.2 Å². The SMILES string of the molecule is CC1[B]C1NC1CNCC12CC2. The lowest BCUT2D eigenvalue weighted by Gasteiger charge is -2.19. The van der Waals surface area contributed by atoms with Crippen LogP contribution in [0.3, 0.4) is 0 Å². The third-order valence-electron chi connectivity index (χ3n) is 3.79. The summed E-state index contributed by atoms with van der Waals surface area (Å²) in [6, 6.07) is 0.767. The van der Waals surface area contributed by atoms with Crippen molar-refractivity contribution in [1.82, 2.24) is 10.6 Å². The zero-order valence-electron chi connectivity index (χ0n) is 7.64. The average Bonchev–Trinajstić information content (AvgIpc) is 2.85. The summed E-state index contributed by atoms with van der Waals surface area (Å²) in [5.41, 5.74) is 0.677. The molecule has 0 aromatic heterocycles. The van der Waals surface area contributed by atoms with Crippen LogP contribution in [0.5, 0.6) is 0 Å². The molecule has 1 spiro atoms. The Morgan fingerprint density at radius 1 is 1.50 bits per heavy atom. The van der Waals surface area contributed by atoms with Crippen LogP contribution in [0.4, 0.5) is 0 Å². The van der Waals surface area contributed by atoms with Crippen molar-refractivity contribution in [2.45, 2.75) is 37.6 Å². The van der Waals surface area contributed by atoms with Gasteiger partial charge < -0.3 is 10.6 Å². The Morgan fingerprint density at radius 3 is 2.83 bits per heavy atom. The highest BCUT2D eigenvalue weighted by atomic mass is 15.1. The molecule has 2 N–H and O–H groups in total. The third kappa shape index (κ3) is 1.03. The van der Waals surface area contributed by atoms with Gasteiger partial charge in [-0.25, -0.2) is 0 Å². The highest BCUT2D eigenvalue weighted by molar-refractivity contribution is 6.53. The van der Waals surface area contributed by atoms with Gasteiger partial charge in [-0.2, -0.15) is 0 Å². The summed E-state index contributed by atoms with van der Waals surface area (Å²) in [4.78, 5) is 0. The Balaban J connectivity index is 1.61. The van der Waals surface area contributed by atoms with E-state index >= 15 is 0 Å². The van der Waals surface area contributed by atoms with Gasteiger partial charge in [0.1, 0.15) is 7.28 Å². The van der Waals surface area contributed by atoms with E-state index in [9.17, 15) is 0 Å². The minimum atomic E-state index is 0.677. The molecule has 2 aliphatic heterocycles. The molecule has 2 saturated heterocycles. The smallest absolute Gasteiger partial charge is 0.136 e. The monoisotopic (exact) mass is 163 g/mol. The molecule has 1 aliphatic carbocycles. The number of hydrogen-bond donors (Lipinski definition) is 2. The maximum Gasteiger partial charge on any atom is 0.136 e. The molecular formula is C9H16BN2. The molecule has 2 nitrogen and oxygen atoms in total. The molecule has 0 bridgehead atoms. The van der Waals surface area contributed by atoms with Gasteiger partial charge in [0.15, 0.2) is 0 Å². The molecule has 3 rings (SSSR count). The Bertz CT molecular complexity index is 203. The Hall–Kier alpha value is -0.0151. The van der Waals surface area contributed by atoms with Crippen LogP contribution in [0.25, 0.3) is 0 Å². The van der Waals surface area contributed by atoms with E-state index in [-0.39, 0.29) is 0 Å². The number of hydrogen-bond acceptors (Lipinski definition) is 2. The fourth-order valence-corrected chi connectivity index (χ4v) is 2.43. The van der Waals surface area contributed by atoms with Crippen LogP contribution < -0.4 is 10.6 Å². The van der Waals surface area contributed by atoms with E-state index in [1.54, 1.807) is 0 Å². The zero-order valence-corrected chi connectivity index (χ0v) is 7.64. The Kier molecular flexibility index (Phi) is 1.40. The molecule has 3 heteroatoms. The van der Waals surface area contributed by atoms with Crippen molar-refractivity contribution in [3.8, 4) is 0 Å². The first-order valence-corrected chi connectivity index (χ1v) is 5.12. The largest absolute Gasteiger partial charge is 0.318 e. The summed E-state index contributed by atoms with van der Waals surface area (Å²) < 4.78 is 0. The summed E-state index contributed by atoms with van der Waals surface area (Å²) in [6.45, 7) is 4.74. The van der Waals surface area contributed by atoms with E-state index in [1.807, 2.05) is 0 Å². The van der Waals surface area contributed by atoms with Gasteiger partial charge in [0, 0.05) is 19.1 Å². The molecule has 1 radical (unpaired) electrons. The van der Waals surface area contributed by atoms with Gasteiger partial charge in [0.25, 0.3) is 0 Å². The first-order valence-electron chi connectivity index (χ1n) is 5.12. The molecule has 0 aromatic rings.